The largest absolute Gasteiger partial charge is 0.355 e. The summed E-state index contributed by atoms with van der Waals surface area (Å²) >= 11 is 0. The predicted molar refractivity (Wildman–Crippen MR) is 88.4 cm³/mol. The molecular weight excluding hydrogens is 274 g/mol. The van der Waals surface area contributed by atoms with E-state index in [0.29, 0.717) is 6.04 Å². The average Bonchev–Trinajstić information content (AvgIpc) is 3.05. The maximum absolute atomic E-state index is 10.9. The molecule has 0 radical (unpaired) electrons. The molecule has 1 aliphatic heterocycles. The summed E-state index contributed by atoms with van der Waals surface area (Å²) in [6, 6.07) is 11.4. The van der Waals surface area contributed by atoms with E-state index in [1.54, 1.807) is 6.92 Å². The van der Waals surface area contributed by atoms with Crippen LogP contribution in [0.4, 0.5) is 0 Å². The molecule has 4 nitrogen and oxygen atoms in total. The van der Waals surface area contributed by atoms with Gasteiger partial charge in [-0.1, -0.05) is 30.3 Å². The van der Waals surface area contributed by atoms with Crippen LogP contribution in [-0.4, -0.2) is 43.0 Å². The summed E-state index contributed by atoms with van der Waals surface area (Å²) < 4.78 is 0. The van der Waals surface area contributed by atoms with Crippen molar-refractivity contribution in [2.24, 2.45) is 11.8 Å². The van der Waals surface area contributed by atoms with Gasteiger partial charge >= 0.3 is 0 Å². The molecular formula is C18H27N3O. The van der Waals surface area contributed by atoms with Crippen LogP contribution in [0.3, 0.4) is 0 Å². The van der Waals surface area contributed by atoms with E-state index in [4.69, 9.17) is 0 Å². The summed E-state index contributed by atoms with van der Waals surface area (Å²) in [5, 5.41) is 6.51. The number of nitrogens with one attached hydrogen (secondary N) is 2. The van der Waals surface area contributed by atoms with Crippen LogP contribution >= 0.6 is 0 Å². The van der Waals surface area contributed by atoms with E-state index in [1.165, 1.54) is 31.5 Å². The topological polar surface area (TPSA) is 44.4 Å². The number of benzene rings is 1. The number of rotatable bonds is 6. The van der Waals surface area contributed by atoms with Gasteiger partial charge in [0.05, 0.1) is 0 Å². The summed E-state index contributed by atoms with van der Waals surface area (Å²) in [4.78, 5) is 13.5. The van der Waals surface area contributed by atoms with E-state index in [-0.39, 0.29) is 5.91 Å². The first-order valence-corrected chi connectivity index (χ1v) is 8.46. The molecule has 1 aromatic rings. The van der Waals surface area contributed by atoms with Gasteiger partial charge in [-0.3, -0.25) is 9.69 Å². The highest BCUT2D eigenvalue weighted by molar-refractivity contribution is 5.72. The first-order valence-electron chi connectivity index (χ1n) is 8.46. The van der Waals surface area contributed by atoms with Gasteiger partial charge in [0, 0.05) is 45.7 Å². The molecule has 120 valence electrons. The van der Waals surface area contributed by atoms with Gasteiger partial charge in [-0.15, -0.1) is 0 Å². The fraction of sp³-hybridized carbons (Fsp3) is 0.611. The fourth-order valence-corrected chi connectivity index (χ4v) is 4.08. The summed E-state index contributed by atoms with van der Waals surface area (Å²) in [5.74, 6) is 1.68. The molecule has 2 aliphatic rings. The zero-order valence-corrected chi connectivity index (χ0v) is 13.4. The van der Waals surface area contributed by atoms with E-state index in [9.17, 15) is 4.79 Å². The molecule has 22 heavy (non-hydrogen) atoms. The second-order valence-corrected chi connectivity index (χ2v) is 6.72. The van der Waals surface area contributed by atoms with Crippen molar-refractivity contribution in [2.75, 3.05) is 26.2 Å². The zero-order valence-electron chi connectivity index (χ0n) is 13.4. The van der Waals surface area contributed by atoms with E-state index >= 15 is 0 Å². The number of carbonyl (C=O) groups excluding carboxylic acids is 1. The standard InChI is InChI=1S/C18H27N3O/c1-14(22)19-9-10-20-18-8-7-16-12-21(13-17(16)18)11-15-5-3-2-4-6-15/h2-6,16-18,20H,7-13H2,1H3,(H,19,22)/t16-,17+,18-/m1/s1. The van der Waals surface area contributed by atoms with Crippen molar-refractivity contribution in [3.63, 3.8) is 0 Å². The van der Waals surface area contributed by atoms with E-state index < -0.39 is 0 Å². The molecule has 2 fully saturated rings. The van der Waals surface area contributed by atoms with Gasteiger partial charge in [0.1, 0.15) is 0 Å². The van der Waals surface area contributed by atoms with Crippen LogP contribution in [0.5, 0.6) is 0 Å². The average molecular weight is 301 g/mol. The van der Waals surface area contributed by atoms with Crippen LogP contribution in [-0.2, 0) is 11.3 Å². The van der Waals surface area contributed by atoms with E-state index in [0.717, 1.165) is 31.5 Å². The van der Waals surface area contributed by atoms with Crippen molar-refractivity contribution in [2.45, 2.75) is 32.4 Å². The first-order chi connectivity index (χ1) is 10.7. The molecule has 3 rings (SSSR count). The Morgan fingerprint density at radius 3 is 2.77 bits per heavy atom. The van der Waals surface area contributed by atoms with Gasteiger partial charge in [0.15, 0.2) is 0 Å². The summed E-state index contributed by atoms with van der Waals surface area (Å²) in [6.07, 6.45) is 2.63. The molecule has 2 N–H and O–H groups in total. The Hall–Kier alpha value is -1.39. The van der Waals surface area contributed by atoms with Gasteiger partial charge in [0.2, 0.25) is 5.91 Å². The third-order valence-electron chi connectivity index (χ3n) is 5.09. The molecule has 1 saturated carbocycles. The third kappa shape index (κ3) is 3.87. The van der Waals surface area contributed by atoms with Gasteiger partial charge in [-0.25, -0.2) is 0 Å². The molecule has 1 aromatic carbocycles. The van der Waals surface area contributed by atoms with Crippen LogP contribution in [0, 0.1) is 11.8 Å². The fourth-order valence-electron chi connectivity index (χ4n) is 4.08. The Bertz CT molecular complexity index is 490. The number of hydrogen-bond donors (Lipinski definition) is 2. The monoisotopic (exact) mass is 301 g/mol. The van der Waals surface area contributed by atoms with E-state index in [1.807, 2.05) is 0 Å². The molecule has 4 heteroatoms. The lowest BCUT2D eigenvalue weighted by Crippen LogP contribution is -2.40. The maximum atomic E-state index is 10.9. The molecule has 1 heterocycles. The van der Waals surface area contributed by atoms with Crippen LogP contribution < -0.4 is 10.6 Å². The Morgan fingerprint density at radius 1 is 1.18 bits per heavy atom. The predicted octanol–water partition coefficient (Wildman–Crippen LogP) is 1.62. The van der Waals surface area contributed by atoms with Crippen LogP contribution in [0.15, 0.2) is 30.3 Å². The van der Waals surface area contributed by atoms with Gasteiger partial charge in [-0.2, -0.15) is 0 Å². The Kier molecular flexibility index (Phi) is 5.11. The van der Waals surface area contributed by atoms with Gasteiger partial charge in [-0.05, 0) is 30.2 Å². The lowest BCUT2D eigenvalue weighted by molar-refractivity contribution is -0.118. The van der Waals surface area contributed by atoms with Crippen molar-refractivity contribution in [3.8, 4) is 0 Å². The number of nitrogens with zero attached hydrogens (tertiary/aromatic N) is 1. The minimum atomic E-state index is 0.0565. The lowest BCUT2D eigenvalue weighted by Gasteiger charge is -2.22. The highest BCUT2D eigenvalue weighted by atomic mass is 16.1. The van der Waals surface area contributed by atoms with Crippen molar-refractivity contribution in [3.05, 3.63) is 35.9 Å². The molecule has 0 unspecified atom stereocenters. The number of amides is 1. The summed E-state index contributed by atoms with van der Waals surface area (Å²) in [7, 11) is 0. The van der Waals surface area contributed by atoms with Crippen molar-refractivity contribution >= 4 is 5.91 Å². The normalized spacial score (nSPS) is 27.8. The SMILES string of the molecule is CC(=O)NCCN[C@@H]1CC[C@@H]2CN(Cc3ccccc3)C[C@@H]21. The minimum absolute atomic E-state index is 0.0565. The molecule has 1 aliphatic carbocycles. The lowest BCUT2D eigenvalue weighted by atomic mass is 9.98. The molecule has 0 spiro atoms. The van der Waals surface area contributed by atoms with Gasteiger partial charge < -0.3 is 10.6 Å². The Labute approximate surface area is 133 Å². The van der Waals surface area contributed by atoms with Crippen molar-refractivity contribution in [1.82, 2.24) is 15.5 Å². The Morgan fingerprint density at radius 2 is 2.00 bits per heavy atom. The summed E-state index contributed by atoms with van der Waals surface area (Å²) in [5.41, 5.74) is 1.41. The number of hydrogen-bond acceptors (Lipinski definition) is 3. The smallest absolute Gasteiger partial charge is 0.216 e. The first kappa shape index (κ1) is 15.5. The highest BCUT2D eigenvalue weighted by Crippen LogP contribution is 2.38. The molecule has 1 amide bonds. The number of fused-ring (bicyclic) bond motifs is 1. The minimum Gasteiger partial charge on any atom is -0.355 e. The summed E-state index contributed by atoms with van der Waals surface area (Å²) in [6.45, 7) is 6.71. The molecule has 1 saturated heterocycles. The number of carbonyl (C=O) groups is 1. The zero-order chi connectivity index (χ0) is 15.4. The molecule has 0 bridgehead atoms. The van der Waals surface area contributed by atoms with Crippen molar-refractivity contribution in [1.29, 1.82) is 0 Å². The van der Waals surface area contributed by atoms with Crippen LogP contribution in [0.25, 0.3) is 0 Å². The van der Waals surface area contributed by atoms with E-state index in [2.05, 4.69) is 45.9 Å². The van der Waals surface area contributed by atoms with Crippen molar-refractivity contribution < 1.29 is 4.79 Å². The maximum Gasteiger partial charge on any atom is 0.216 e. The molecule has 3 atom stereocenters. The second-order valence-electron chi connectivity index (χ2n) is 6.72. The quantitative estimate of drug-likeness (QED) is 0.785. The second kappa shape index (κ2) is 7.25. The van der Waals surface area contributed by atoms with Crippen LogP contribution in [0.2, 0.25) is 0 Å². The van der Waals surface area contributed by atoms with Gasteiger partial charge in [0.25, 0.3) is 0 Å². The molecule has 0 aromatic heterocycles. The Balaban J connectivity index is 1.45. The van der Waals surface area contributed by atoms with Crippen LogP contribution in [0.1, 0.15) is 25.3 Å². The third-order valence-corrected chi connectivity index (χ3v) is 5.09. The highest BCUT2D eigenvalue weighted by Gasteiger charge is 2.41. The number of likely N-dealkylation sites (tertiary alicyclic amines) is 1.